The summed E-state index contributed by atoms with van der Waals surface area (Å²) in [6.45, 7) is 8.68. The standard InChI is InChI=1S/C18H19FO.C3H8O/c1-12-6-4-7-13(2)17(12)16-10-14(3)18(19)15(11-16)8-5-9-20;1-3-4-2/h4,6-7,9-11H,5,8H2,1-3H3;3H2,1-2H3. The average Bonchev–Trinajstić information content (AvgIpc) is 2.56. The van der Waals surface area contributed by atoms with Crippen LogP contribution in [0.5, 0.6) is 0 Å². The lowest BCUT2D eigenvalue weighted by atomic mass is 9.92. The zero-order valence-electron chi connectivity index (χ0n) is 15.3. The molecule has 130 valence electrons. The molecule has 0 saturated carbocycles. The molecule has 2 nitrogen and oxygen atoms in total. The maximum Gasteiger partial charge on any atom is 0.129 e. The summed E-state index contributed by atoms with van der Waals surface area (Å²) in [6.07, 6.45) is 1.64. The van der Waals surface area contributed by atoms with Gasteiger partial charge in [0.15, 0.2) is 0 Å². The number of methoxy groups -OCH3 is 1. The lowest BCUT2D eigenvalue weighted by Crippen LogP contribution is -1.97. The molecule has 3 heteroatoms. The quantitative estimate of drug-likeness (QED) is 0.704. The molecule has 0 bridgehead atoms. The Labute approximate surface area is 144 Å². The van der Waals surface area contributed by atoms with Gasteiger partial charge in [0.05, 0.1) is 0 Å². The van der Waals surface area contributed by atoms with E-state index >= 15 is 0 Å². The van der Waals surface area contributed by atoms with Gasteiger partial charge in [-0.25, -0.2) is 4.39 Å². The van der Waals surface area contributed by atoms with Gasteiger partial charge in [0.25, 0.3) is 0 Å². The van der Waals surface area contributed by atoms with Crippen LogP contribution in [0.15, 0.2) is 30.3 Å². The summed E-state index contributed by atoms with van der Waals surface area (Å²) in [7, 11) is 1.68. The van der Waals surface area contributed by atoms with Crippen LogP contribution in [-0.2, 0) is 16.0 Å². The van der Waals surface area contributed by atoms with Gasteiger partial charge in [-0.2, -0.15) is 0 Å². The first-order chi connectivity index (χ1) is 11.5. The van der Waals surface area contributed by atoms with Crippen LogP contribution in [-0.4, -0.2) is 20.0 Å². The van der Waals surface area contributed by atoms with Crippen LogP contribution in [0.25, 0.3) is 11.1 Å². The second kappa shape index (κ2) is 9.99. The minimum Gasteiger partial charge on any atom is -0.385 e. The van der Waals surface area contributed by atoms with Gasteiger partial charge in [0.2, 0.25) is 0 Å². The molecular weight excluding hydrogens is 303 g/mol. The van der Waals surface area contributed by atoms with Gasteiger partial charge >= 0.3 is 0 Å². The molecule has 2 rings (SSSR count). The van der Waals surface area contributed by atoms with E-state index in [2.05, 4.69) is 30.7 Å². The highest BCUT2D eigenvalue weighted by Crippen LogP contribution is 2.30. The van der Waals surface area contributed by atoms with E-state index in [0.29, 0.717) is 24.0 Å². The van der Waals surface area contributed by atoms with Gasteiger partial charge in [0, 0.05) is 20.1 Å². The van der Waals surface area contributed by atoms with Gasteiger partial charge in [0.1, 0.15) is 12.1 Å². The Kier molecular flexibility index (Phi) is 8.34. The van der Waals surface area contributed by atoms with Gasteiger partial charge in [-0.15, -0.1) is 0 Å². The first-order valence-corrected chi connectivity index (χ1v) is 8.24. The second-order valence-electron chi connectivity index (χ2n) is 5.82. The molecular formula is C21H27FO2. The van der Waals surface area contributed by atoms with E-state index in [4.69, 9.17) is 0 Å². The number of rotatable bonds is 5. The first-order valence-electron chi connectivity index (χ1n) is 8.24. The molecule has 0 N–H and O–H groups in total. The minimum atomic E-state index is -0.193. The van der Waals surface area contributed by atoms with E-state index in [1.807, 2.05) is 25.1 Å². The van der Waals surface area contributed by atoms with Crippen molar-refractivity contribution >= 4 is 6.29 Å². The number of carbonyl (C=O) groups is 1. The lowest BCUT2D eigenvalue weighted by Gasteiger charge is -2.13. The average molecular weight is 330 g/mol. The van der Waals surface area contributed by atoms with Crippen LogP contribution >= 0.6 is 0 Å². The molecule has 2 aromatic carbocycles. The molecule has 0 aliphatic heterocycles. The molecule has 0 amide bonds. The number of halogens is 1. The Hall–Kier alpha value is -2.00. The summed E-state index contributed by atoms with van der Waals surface area (Å²) >= 11 is 0. The molecule has 0 heterocycles. The van der Waals surface area contributed by atoms with E-state index in [0.717, 1.165) is 24.0 Å². The fraction of sp³-hybridized carbons (Fsp3) is 0.381. The third kappa shape index (κ3) is 5.27. The molecule has 0 aliphatic carbocycles. The monoisotopic (exact) mass is 330 g/mol. The summed E-state index contributed by atoms with van der Waals surface area (Å²) in [5.41, 5.74) is 5.79. The summed E-state index contributed by atoms with van der Waals surface area (Å²) in [4.78, 5) is 10.5. The minimum absolute atomic E-state index is 0.193. The van der Waals surface area contributed by atoms with Crippen molar-refractivity contribution in [1.82, 2.24) is 0 Å². The SMILES string of the molecule is CCOC.Cc1cc(-c2c(C)cccc2C)cc(CCC=O)c1F. The van der Waals surface area contributed by atoms with Crippen molar-refractivity contribution in [2.45, 2.75) is 40.5 Å². The van der Waals surface area contributed by atoms with Crippen LogP contribution < -0.4 is 0 Å². The fourth-order valence-corrected chi connectivity index (χ4v) is 2.65. The largest absolute Gasteiger partial charge is 0.385 e. The molecule has 0 atom stereocenters. The van der Waals surface area contributed by atoms with Gasteiger partial charge < -0.3 is 9.53 Å². The third-order valence-electron chi connectivity index (χ3n) is 3.92. The number of hydrogen-bond donors (Lipinski definition) is 0. The zero-order valence-corrected chi connectivity index (χ0v) is 15.3. The molecule has 0 radical (unpaired) electrons. The Morgan fingerprint density at radius 1 is 1.08 bits per heavy atom. The molecule has 2 aromatic rings. The molecule has 0 spiro atoms. The Morgan fingerprint density at radius 3 is 2.17 bits per heavy atom. The van der Waals surface area contributed by atoms with Gasteiger partial charge in [-0.05, 0) is 79.6 Å². The van der Waals surface area contributed by atoms with Crippen LogP contribution in [0.1, 0.15) is 35.6 Å². The maximum absolute atomic E-state index is 14.1. The molecule has 0 aromatic heterocycles. The highest BCUT2D eigenvalue weighted by Gasteiger charge is 2.11. The van der Waals surface area contributed by atoms with E-state index < -0.39 is 0 Å². The van der Waals surface area contributed by atoms with Crippen LogP contribution in [0.2, 0.25) is 0 Å². The Bertz CT molecular complexity index is 656. The summed E-state index contributed by atoms with van der Waals surface area (Å²) in [6, 6.07) is 9.91. The van der Waals surface area contributed by atoms with Gasteiger partial charge in [-0.3, -0.25) is 0 Å². The van der Waals surface area contributed by atoms with E-state index in [-0.39, 0.29) is 5.82 Å². The number of hydrogen-bond acceptors (Lipinski definition) is 2. The van der Waals surface area contributed by atoms with Crippen molar-refractivity contribution in [1.29, 1.82) is 0 Å². The van der Waals surface area contributed by atoms with Crippen molar-refractivity contribution in [2.24, 2.45) is 0 Å². The number of ether oxygens (including phenoxy) is 1. The van der Waals surface area contributed by atoms with Crippen molar-refractivity contribution in [3.63, 3.8) is 0 Å². The number of benzene rings is 2. The topological polar surface area (TPSA) is 26.3 Å². The van der Waals surface area contributed by atoms with Gasteiger partial charge in [-0.1, -0.05) is 18.2 Å². The first kappa shape index (κ1) is 20.0. The number of carbonyl (C=O) groups excluding carboxylic acids is 1. The molecule has 0 aliphatic rings. The summed E-state index contributed by atoms with van der Waals surface area (Å²) < 4.78 is 18.6. The van der Waals surface area contributed by atoms with E-state index in [1.165, 1.54) is 11.1 Å². The third-order valence-corrected chi connectivity index (χ3v) is 3.92. The van der Waals surface area contributed by atoms with Crippen LogP contribution in [0, 0.1) is 26.6 Å². The lowest BCUT2D eigenvalue weighted by molar-refractivity contribution is -0.107. The Morgan fingerprint density at radius 2 is 1.67 bits per heavy atom. The van der Waals surface area contributed by atoms with E-state index in [1.54, 1.807) is 14.0 Å². The summed E-state index contributed by atoms with van der Waals surface area (Å²) in [5.74, 6) is -0.193. The predicted molar refractivity (Wildman–Crippen MR) is 98.0 cm³/mol. The number of aryl methyl sites for hydroxylation is 4. The van der Waals surface area contributed by atoms with Crippen molar-refractivity contribution in [3.05, 3.63) is 58.4 Å². The smallest absolute Gasteiger partial charge is 0.129 e. The van der Waals surface area contributed by atoms with E-state index in [9.17, 15) is 9.18 Å². The maximum atomic E-state index is 14.1. The molecule has 0 saturated heterocycles. The van der Waals surface area contributed by atoms with Crippen molar-refractivity contribution in [3.8, 4) is 11.1 Å². The zero-order chi connectivity index (χ0) is 18.1. The molecule has 24 heavy (non-hydrogen) atoms. The van der Waals surface area contributed by atoms with Crippen LogP contribution in [0.4, 0.5) is 4.39 Å². The normalized spacial score (nSPS) is 10.1. The highest BCUT2D eigenvalue weighted by molar-refractivity contribution is 5.72. The predicted octanol–water partition coefficient (Wildman–Crippen LogP) is 5.20. The second-order valence-corrected chi connectivity index (χ2v) is 5.82. The fourth-order valence-electron chi connectivity index (χ4n) is 2.65. The van der Waals surface area contributed by atoms with Crippen molar-refractivity contribution in [2.75, 3.05) is 13.7 Å². The molecule has 0 fully saturated rings. The number of aldehydes is 1. The molecule has 0 unspecified atom stereocenters. The Balaban J connectivity index is 0.000000648. The van der Waals surface area contributed by atoms with Crippen molar-refractivity contribution < 1.29 is 13.9 Å². The van der Waals surface area contributed by atoms with Crippen LogP contribution in [0.3, 0.4) is 0 Å². The summed E-state index contributed by atoms with van der Waals surface area (Å²) in [5, 5.41) is 0. The highest BCUT2D eigenvalue weighted by atomic mass is 19.1.